The van der Waals surface area contributed by atoms with Crippen LogP contribution >= 0.6 is 0 Å². The van der Waals surface area contributed by atoms with Gasteiger partial charge in [-0.15, -0.1) is 0 Å². The number of hydrogen-bond donors (Lipinski definition) is 0. The SMILES string of the molecule is CN1CCN(c2ccc3c(c2)[C@H]2C[C@H]3CCN2C(=O)Oc2ccccc2)CC1. The van der Waals surface area contributed by atoms with E-state index in [1.165, 1.54) is 16.8 Å². The fourth-order valence-electron chi connectivity index (χ4n) is 4.89. The van der Waals surface area contributed by atoms with Crippen molar-refractivity contribution in [2.24, 2.45) is 0 Å². The first-order valence-corrected chi connectivity index (χ1v) is 10.3. The zero-order chi connectivity index (χ0) is 19.1. The third-order valence-electron chi connectivity index (χ3n) is 6.52. The molecule has 0 aromatic heterocycles. The molecule has 2 aliphatic heterocycles. The summed E-state index contributed by atoms with van der Waals surface area (Å²) in [7, 11) is 2.18. The number of rotatable bonds is 2. The second-order valence-corrected chi connectivity index (χ2v) is 8.22. The number of likely N-dealkylation sites (N-methyl/N-ethyl adjacent to an activating group) is 1. The molecule has 0 radical (unpaired) electrons. The molecule has 2 saturated heterocycles. The van der Waals surface area contributed by atoms with Gasteiger partial charge in [0.15, 0.2) is 0 Å². The number of anilines is 1. The van der Waals surface area contributed by atoms with Gasteiger partial charge >= 0.3 is 6.09 Å². The van der Waals surface area contributed by atoms with Gasteiger partial charge in [0.2, 0.25) is 0 Å². The molecule has 2 aromatic rings. The Hall–Kier alpha value is -2.53. The van der Waals surface area contributed by atoms with Crippen LogP contribution in [0.1, 0.15) is 35.9 Å². The zero-order valence-electron chi connectivity index (χ0n) is 16.4. The van der Waals surface area contributed by atoms with E-state index in [1.807, 2.05) is 35.2 Å². The van der Waals surface area contributed by atoms with Crippen molar-refractivity contribution in [2.75, 3.05) is 44.7 Å². The van der Waals surface area contributed by atoms with Crippen LogP contribution in [0.25, 0.3) is 0 Å². The molecular weight excluding hydrogens is 350 g/mol. The summed E-state index contributed by atoms with van der Waals surface area (Å²) in [6, 6.07) is 16.4. The largest absolute Gasteiger partial charge is 0.415 e. The third kappa shape index (κ3) is 3.14. The van der Waals surface area contributed by atoms with E-state index in [1.54, 1.807) is 0 Å². The van der Waals surface area contributed by atoms with Gasteiger partial charge in [0.1, 0.15) is 5.75 Å². The predicted octanol–water partition coefficient (Wildman–Crippen LogP) is 3.87. The maximum Gasteiger partial charge on any atom is 0.415 e. The van der Waals surface area contributed by atoms with Crippen LogP contribution in [0.2, 0.25) is 0 Å². The quantitative estimate of drug-likeness (QED) is 0.796. The van der Waals surface area contributed by atoms with Crippen molar-refractivity contribution < 1.29 is 9.53 Å². The maximum atomic E-state index is 12.9. The minimum atomic E-state index is -0.229. The Morgan fingerprint density at radius 2 is 1.75 bits per heavy atom. The van der Waals surface area contributed by atoms with Crippen molar-refractivity contribution in [3.63, 3.8) is 0 Å². The highest BCUT2D eigenvalue weighted by atomic mass is 16.6. The molecule has 0 saturated carbocycles. The molecule has 1 aliphatic carbocycles. The minimum Gasteiger partial charge on any atom is -0.410 e. The molecule has 0 spiro atoms. The molecule has 5 heteroatoms. The lowest BCUT2D eigenvalue weighted by molar-refractivity contribution is 0.115. The van der Waals surface area contributed by atoms with E-state index in [2.05, 4.69) is 35.0 Å². The number of amides is 1. The Bertz CT molecular complexity index is 861. The van der Waals surface area contributed by atoms with Gasteiger partial charge in [0.05, 0.1) is 6.04 Å². The van der Waals surface area contributed by atoms with Gasteiger partial charge in [-0.05, 0) is 61.2 Å². The van der Waals surface area contributed by atoms with Crippen LogP contribution in [0.3, 0.4) is 0 Å². The number of ether oxygens (including phenoxy) is 1. The first-order valence-electron chi connectivity index (χ1n) is 10.3. The molecule has 2 aromatic carbocycles. The van der Waals surface area contributed by atoms with Crippen molar-refractivity contribution in [1.29, 1.82) is 0 Å². The highest BCUT2D eigenvalue weighted by molar-refractivity contribution is 5.72. The Balaban J connectivity index is 1.38. The van der Waals surface area contributed by atoms with E-state index in [0.717, 1.165) is 45.6 Å². The van der Waals surface area contributed by atoms with Gasteiger partial charge in [-0.1, -0.05) is 24.3 Å². The lowest BCUT2D eigenvalue weighted by Gasteiger charge is -2.35. The molecular formula is C23H27N3O2. The van der Waals surface area contributed by atoms with Crippen molar-refractivity contribution >= 4 is 11.8 Å². The van der Waals surface area contributed by atoms with E-state index in [4.69, 9.17) is 4.74 Å². The fourth-order valence-corrected chi connectivity index (χ4v) is 4.89. The molecule has 5 rings (SSSR count). The molecule has 0 N–H and O–H groups in total. The number of para-hydroxylation sites is 1. The van der Waals surface area contributed by atoms with Crippen LogP contribution in [-0.2, 0) is 0 Å². The van der Waals surface area contributed by atoms with E-state index in [0.29, 0.717) is 11.7 Å². The van der Waals surface area contributed by atoms with Crippen LogP contribution in [0.15, 0.2) is 48.5 Å². The lowest BCUT2D eigenvalue weighted by atomic mass is 9.96. The summed E-state index contributed by atoms with van der Waals surface area (Å²) in [5.41, 5.74) is 4.04. The predicted molar refractivity (Wildman–Crippen MR) is 110 cm³/mol. The van der Waals surface area contributed by atoms with E-state index < -0.39 is 0 Å². The monoisotopic (exact) mass is 377 g/mol. The van der Waals surface area contributed by atoms with Crippen LogP contribution in [0.5, 0.6) is 5.75 Å². The summed E-state index contributed by atoms with van der Waals surface area (Å²) >= 11 is 0. The molecule has 5 nitrogen and oxygen atoms in total. The maximum absolute atomic E-state index is 12.9. The smallest absolute Gasteiger partial charge is 0.410 e. The van der Waals surface area contributed by atoms with Gasteiger partial charge in [-0.25, -0.2) is 4.79 Å². The summed E-state index contributed by atoms with van der Waals surface area (Å²) in [4.78, 5) is 19.6. The number of nitrogens with zero attached hydrogens (tertiary/aromatic N) is 3. The minimum absolute atomic E-state index is 0.136. The molecule has 3 aliphatic rings. The van der Waals surface area contributed by atoms with Crippen molar-refractivity contribution in [3.8, 4) is 5.75 Å². The van der Waals surface area contributed by atoms with E-state index >= 15 is 0 Å². The third-order valence-corrected chi connectivity index (χ3v) is 6.52. The average Bonchev–Trinajstić information content (AvgIpc) is 3.01. The summed E-state index contributed by atoms with van der Waals surface area (Å²) in [5, 5.41) is 0. The van der Waals surface area contributed by atoms with E-state index in [-0.39, 0.29) is 12.1 Å². The molecule has 28 heavy (non-hydrogen) atoms. The van der Waals surface area contributed by atoms with Gasteiger partial charge in [0, 0.05) is 38.4 Å². The number of carbonyl (C=O) groups excluding carboxylic acids is 1. The summed E-state index contributed by atoms with van der Waals surface area (Å²) in [5.74, 6) is 1.18. The normalized spacial score (nSPS) is 24.2. The Morgan fingerprint density at radius 3 is 2.54 bits per heavy atom. The number of benzene rings is 2. The van der Waals surface area contributed by atoms with E-state index in [9.17, 15) is 4.79 Å². The molecule has 2 bridgehead atoms. The number of piperidine rings is 1. The van der Waals surface area contributed by atoms with Gasteiger partial charge < -0.3 is 19.4 Å². The summed E-state index contributed by atoms with van der Waals surface area (Å²) < 4.78 is 5.65. The molecule has 146 valence electrons. The first kappa shape index (κ1) is 17.6. The number of hydrogen-bond acceptors (Lipinski definition) is 4. The second-order valence-electron chi connectivity index (χ2n) is 8.22. The summed E-state index contributed by atoms with van der Waals surface area (Å²) in [6.07, 6.45) is 1.81. The summed E-state index contributed by atoms with van der Waals surface area (Å²) in [6.45, 7) is 5.07. The average molecular weight is 377 g/mol. The zero-order valence-corrected chi connectivity index (χ0v) is 16.4. The lowest BCUT2D eigenvalue weighted by Crippen LogP contribution is -2.44. The van der Waals surface area contributed by atoms with Crippen molar-refractivity contribution in [3.05, 3.63) is 59.7 Å². The Kier molecular flexibility index (Phi) is 4.47. The van der Waals surface area contributed by atoms with Crippen LogP contribution < -0.4 is 9.64 Å². The topological polar surface area (TPSA) is 36.0 Å². The second kappa shape index (κ2) is 7.13. The number of piperazine rings is 1. The van der Waals surface area contributed by atoms with Gasteiger partial charge in [-0.2, -0.15) is 0 Å². The highest BCUT2D eigenvalue weighted by Crippen LogP contribution is 2.50. The van der Waals surface area contributed by atoms with Crippen molar-refractivity contribution in [2.45, 2.75) is 24.8 Å². The number of carbonyl (C=O) groups is 1. The number of likely N-dealkylation sites (tertiary alicyclic amines) is 1. The van der Waals surface area contributed by atoms with Gasteiger partial charge in [0.25, 0.3) is 0 Å². The first-order chi connectivity index (χ1) is 13.7. The van der Waals surface area contributed by atoms with Crippen LogP contribution in [-0.4, -0.2) is 55.7 Å². The molecule has 1 amide bonds. The van der Waals surface area contributed by atoms with Crippen LogP contribution in [0, 0.1) is 0 Å². The number of fused-ring (bicyclic) bond motifs is 5. The highest BCUT2D eigenvalue weighted by Gasteiger charge is 2.41. The molecule has 2 fully saturated rings. The molecule has 2 atom stereocenters. The molecule has 2 heterocycles. The Labute approximate surface area is 166 Å². The van der Waals surface area contributed by atoms with Gasteiger partial charge in [-0.3, -0.25) is 0 Å². The van der Waals surface area contributed by atoms with Crippen LogP contribution in [0.4, 0.5) is 10.5 Å². The Morgan fingerprint density at radius 1 is 0.964 bits per heavy atom. The fraction of sp³-hybridized carbons (Fsp3) is 0.435. The molecule has 0 unspecified atom stereocenters. The van der Waals surface area contributed by atoms with Crippen molar-refractivity contribution in [1.82, 2.24) is 9.80 Å². The standard InChI is InChI=1S/C23H27N3O2/c1-24-11-13-25(14-12-24)18-7-8-20-17-9-10-26(22(15-17)21(20)16-18)23(27)28-19-5-3-2-4-6-19/h2-8,16-17,22H,9-15H2,1H3/t17-,22-/m1/s1.